The van der Waals surface area contributed by atoms with E-state index in [4.69, 9.17) is 15.1 Å². The lowest BCUT2D eigenvalue weighted by molar-refractivity contribution is 0.0696. The van der Waals surface area contributed by atoms with Gasteiger partial charge >= 0.3 is 5.97 Å². The van der Waals surface area contributed by atoms with Crippen LogP contribution in [0, 0.1) is 17.1 Å². The van der Waals surface area contributed by atoms with Gasteiger partial charge in [-0.2, -0.15) is 5.26 Å². The van der Waals surface area contributed by atoms with Crippen molar-refractivity contribution in [1.29, 1.82) is 5.26 Å². The molecule has 20 heavy (non-hydrogen) atoms. The molecule has 1 N–H and O–H groups in total. The van der Waals surface area contributed by atoms with Gasteiger partial charge in [-0.05, 0) is 29.8 Å². The normalized spacial score (nSPS) is 9.80. The van der Waals surface area contributed by atoms with Gasteiger partial charge in [0.1, 0.15) is 24.2 Å². The van der Waals surface area contributed by atoms with Gasteiger partial charge in [0, 0.05) is 6.07 Å². The molecule has 0 aliphatic rings. The Bertz CT molecular complexity index is 692. The van der Waals surface area contributed by atoms with Crippen LogP contribution in [0.1, 0.15) is 21.5 Å². The molecular weight excluding hydrogens is 261 g/mol. The van der Waals surface area contributed by atoms with E-state index in [0.29, 0.717) is 5.56 Å². The van der Waals surface area contributed by atoms with Gasteiger partial charge in [-0.3, -0.25) is 0 Å². The number of aromatic carboxylic acids is 1. The van der Waals surface area contributed by atoms with E-state index in [1.165, 1.54) is 24.3 Å². The average Bonchev–Trinajstić information content (AvgIpc) is 2.45. The Kier molecular flexibility index (Phi) is 3.96. The van der Waals surface area contributed by atoms with Crippen molar-refractivity contribution in [3.63, 3.8) is 0 Å². The molecule has 0 unspecified atom stereocenters. The third-order valence-corrected chi connectivity index (χ3v) is 2.64. The highest BCUT2D eigenvalue weighted by Crippen LogP contribution is 2.17. The number of ether oxygens (including phenoxy) is 1. The number of hydrogen-bond donors (Lipinski definition) is 1. The minimum atomic E-state index is -1.02. The molecule has 0 spiro atoms. The highest BCUT2D eigenvalue weighted by atomic mass is 19.1. The Balaban J connectivity index is 2.09. The third kappa shape index (κ3) is 3.12. The molecule has 4 nitrogen and oxygen atoms in total. The van der Waals surface area contributed by atoms with E-state index in [-0.39, 0.29) is 23.5 Å². The Hall–Kier alpha value is -2.87. The summed E-state index contributed by atoms with van der Waals surface area (Å²) in [5.74, 6) is -1.39. The Morgan fingerprint density at radius 1 is 1.30 bits per heavy atom. The predicted molar refractivity (Wildman–Crippen MR) is 68.8 cm³/mol. The number of nitrogens with zero attached hydrogens (tertiary/aromatic N) is 1. The van der Waals surface area contributed by atoms with Gasteiger partial charge in [0.05, 0.1) is 11.1 Å². The fourth-order valence-corrected chi connectivity index (χ4v) is 1.64. The molecule has 0 atom stereocenters. The topological polar surface area (TPSA) is 70.3 Å². The first-order valence-electron chi connectivity index (χ1n) is 5.75. The van der Waals surface area contributed by atoms with Crippen LogP contribution in [0.25, 0.3) is 0 Å². The summed E-state index contributed by atoms with van der Waals surface area (Å²) in [6.45, 7) is 0.118. The zero-order valence-corrected chi connectivity index (χ0v) is 10.3. The quantitative estimate of drug-likeness (QED) is 0.928. The van der Waals surface area contributed by atoms with E-state index in [2.05, 4.69) is 0 Å². The number of carboxylic acids is 1. The van der Waals surface area contributed by atoms with Crippen LogP contribution in [0.3, 0.4) is 0 Å². The summed E-state index contributed by atoms with van der Waals surface area (Å²) in [6.07, 6.45) is 0. The van der Waals surface area contributed by atoms with Crippen molar-refractivity contribution in [2.45, 2.75) is 6.61 Å². The van der Waals surface area contributed by atoms with Crippen molar-refractivity contribution in [2.75, 3.05) is 0 Å². The number of rotatable bonds is 4. The largest absolute Gasteiger partial charge is 0.489 e. The Labute approximate surface area is 114 Å². The fraction of sp³-hybridized carbons (Fsp3) is 0.0667. The Morgan fingerprint density at radius 2 is 2.10 bits per heavy atom. The molecule has 0 aromatic heterocycles. The zero-order valence-electron chi connectivity index (χ0n) is 10.3. The van der Waals surface area contributed by atoms with Gasteiger partial charge in [0.25, 0.3) is 0 Å². The standard InChI is InChI=1S/C15H10FNO3/c16-14-7-13(5-4-12(14)8-17)20-9-10-2-1-3-11(6-10)15(18)19/h1-7H,9H2,(H,18,19). The lowest BCUT2D eigenvalue weighted by Gasteiger charge is -2.07. The second-order valence-electron chi connectivity index (χ2n) is 4.05. The van der Waals surface area contributed by atoms with E-state index >= 15 is 0 Å². The van der Waals surface area contributed by atoms with E-state index in [1.54, 1.807) is 18.2 Å². The van der Waals surface area contributed by atoms with Crippen LogP contribution < -0.4 is 4.74 Å². The average molecular weight is 271 g/mol. The highest BCUT2D eigenvalue weighted by Gasteiger charge is 2.06. The lowest BCUT2D eigenvalue weighted by atomic mass is 10.1. The first kappa shape index (κ1) is 13.6. The highest BCUT2D eigenvalue weighted by molar-refractivity contribution is 5.87. The summed E-state index contributed by atoms with van der Waals surface area (Å²) < 4.78 is 18.7. The minimum absolute atomic E-state index is 0.0507. The van der Waals surface area contributed by atoms with Crippen LogP contribution in [0.2, 0.25) is 0 Å². The second-order valence-corrected chi connectivity index (χ2v) is 4.05. The zero-order chi connectivity index (χ0) is 14.5. The maximum absolute atomic E-state index is 13.4. The monoisotopic (exact) mass is 271 g/mol. The van der Waals surface area contributed by atoms with Crippen molar-refractivity contribution < 1.29 is 19.0 Å². The lowest BCUT2D eigenvalue weighted by Crippen LogP contribution is -2.00. The van der Waals surface area contributed by atoms with Crippen molar-refractivity contribution >= 4 is 5.97 Å². The summed E-state index contributed by atoms with van der Waals surface area (Å²) in [4.78, 5) is 10.8. The van der Waals surface area contributed by atoms with Crippen LogP contribution in [0.15, 0.2) is 42.5 Å². The number of carbonyl (C=O) groups is 1. The van der Waals surface area contributed by atoms with Gasteiger partial charge in [-0.25, -0.2) is 9.18 Å². The van der Waals surface area contributed by atoms with Crippen LogP contribution in [0.5, 0.6) is 5.75 Å². The molecule has 0 saturated heterocycles. The van der Waals surface area contributed by atoms with Gasteiger partial charge in [0.15, 0.2) is 0 Å². The first-order chi connectivity index (χ1) is 9.60. The van der Waals surface area contributed by atoms with Crippen molar-refractivity contribution in [3.8, 4) is 11.8 Å². The van der Waals surface area contributed by atoms with E-state index < -0.39 is 11.8 Å². The van der Waals surface area contributed by atoms with E-state index in [9.17, 15) is 9.18 Å². The molecular formula is C15H10FNO3. The molecule has 100 valence electrons. The number of hydrogen-bond acceptors (Lipinski definition) is 3. The van der Waals surface area contributed by atoms with E-state index in [0.717, 1.165) is 6.07 Å². The predicted octanol–water partition coefficient (Wildman–Crippen LogP) is 2.97. The van der Waals surface area contributed by atoms with Crippen LogP contribution in [-0.2, 0) is 6.61 Å². The first-order valence-corrected chi connectivity index (χ1v) is 5.75. The SMILES string of the molecule is N#Cc1ccc(OCc2cccc(C(=O)O)c2)cc1F. The maximum atomic E-state index is 13.4. The summed E-state index contributed by atoms with van der Waals surface area (Å²) in [7, 11) is 0. The summed E-state index contributed by atoms with van der Waals surface area (Å²) in [5.41, 5.74) is 0.775. The molecule has 5 heteroatoms. The van der Waals surface area contributed by atoms with Crippen molar-refractivity contribution in [2.24, 2.45) is 0 Å². The molecule has 0 heterocycles. The summed E-state index contributed by atoms with van der Waals surface area (Å²) >= 11 is 0. The molecule has 0 aliphatic carbocycles. The van der Waals surface area contributed by atoms with Gasteiger partial charge < -0.3 is 9.84 Å². The molecule has 2 aromatic carbocycles. The van der Waals surface area contributed by atoms with Gasteiger partial charge in [0.2, 0.25) is 0 Å². The van der Waals surface area contributed by atoms with Crippen molar-refractivity contribution in [1.82, 2.24) is 0 Å². The van der Waals surface area contributed by atoms with Gasteiger partial charge in [-0.15, -0.1) is 0 Å². The van der Waals surface area contributed by atoms with Crippen LogP contribution >= 0.6 is 0 Å². The number of carboxylic acid groups (broad SMARTS) is 1. The maximum Gasteiger partial charge on any atom is 0.335 e. The molecule has 0 bridgehead atoms. The molecule has 2 aromatic rings. The molecule has 0 fully saturated rings. The molecule has 0 aliphatic heterocycles. The molecule has 0 radical (unpaired) electrons. The number of nitriles is 1. The smallest absolute Gasteiger partial charge is 0.335 e. The number of benzene rings is 2. The molecule has 0 amide bonds. The summed E-state index contributed by atoms with van der Waals surface area (Å²) in [5, 5.41) is 17.5. The third-order valence-electron chi connectivity index (χ3n) is 2.64. The van der Waals surface area contributed by atoms with Crippen molar-refractivity contribution in [3.05, 3.63) is 65.0 Å². The molecule has 2 rings (SSSR count). The minimum Gasteiger partial charge on any atom is -0.489 e. The van der Waals surface area contributed by atoms with Crippen LogP contribution in [-0.4, -0.2) is 11.1 Å². The Morgan fingerprint density at radius 3 is 2.75 bits per heavy atom. The fourth-order valence-electron chi connectivity index (χ4n) is 1.64. The number of halogens is 1. The van der Waals surface area contributed by atoms with Gasteiger partial charge in [-0.1, -0.05) is 12.1 Å². The van der Waals surface area contributed by atoms with E-state index in [1.807, 2.05) is 0 Å². The second kappa shape index (κ2) is 5.85. The summed E-state index contributed by atoms with van der Waals surface area (Å²) in [6, 6.07) is 12.0. The molecule has 0 saturated carbocycles. The van der Waals surface area contributed by atoms with Crippen LogP contribution in [0.4, 0.5) is 4.39 Å².